The Morgan fingerprint density at radius 3 is 2.32 bits per heavy atom. The van der Waals surface area contributed by atoms with Crippen LogP contribution in [0, 0.1) is 12.7 Å². The lowest BCUT2D eigenvalue weighted by atomic mass is 9.94. The van der Waals surface area contributed by atoms with Crippen molar-refractivity contribution in [3.8, 4) is 0 Å². The standard InChI is InChI=1S/C21H18FNO5/c1-12-6-8-13(9-7-12)19(26)17-18(14-4-2-3-5-15(14)22)23(11-10-16(24)25)21(28)20(17)27/h2-9,18,26H,10-11H2,1H3,(H,24,25)/t18-/m1/s1. The predicted molar refractivity (Wildman–Crippen MR) is 98.8 cm³/mol. The van der Waals surface area contributed by atoms with E-state index in [0.29, 0.717) is 5.56 Å². The summed E-state index contributed by atoms with van der Waals surface area (Å²) in [5.74, 6) is -4.19. The summed E-state index contributed by atoms with van der Waals surface area (Å²) in [6.45, 7) is 1.57. The van der Waals surface area contributed by atoms with E-state index in [9.17, 15) is 23.9 Å². The van der Waals surface area contributed by atoms with Crippen LogP contribution in [0.4, 0.5) is 4.39 Å². The second kappa shape index (κ2) is 7.64. The van der Waals surface area contributed by atoms with Crippen molar-refractivity contribution in [2.45, 2.75) is 19.4 Å². The van der Waals surface area contributed by atoms with Crippen molar-refractivity contribution in [2.24, 2.45) is 0 Å². The Morgan fingerprint density at radius 1 is 1.07 bits per heavy atom. The molecule has 1 aliphatic heterocycles. The van der Waals surface area contributed by atoms with E-state index in [1.165, 1.54) is 18.2 Å². The minimum Gasteiger partial charge on any atom is -0.507 e. The number of benzene rings is 2. The number of hydrogen-bond donors (Lipinski definition) is 2. The number of Topliss-reactive ketones (excluding diaryl/α,β-unsaturated/α-hetero) is 1. The van der Waals surface area contributed by atoms with E-state index in [-0.39, 0.29) is 17.7 Å². The predicted octanol–water partition coefficient (Wildman–Crippen LogP) is 3.03. The second-order valence-corrected chi connectivity index (χ2v) is 6.52. The number of carbonyl (C=O) groups excluding carboxylic acids is 2. The maximum Gasteiger partial charge on any atom is 0.305 e. The molecular weight excluding hydrogens is 365 g/mol. The van der Waals surface area contributed by atoms with Crippen LogP contribution in [0.2, 0.25) is 0 Å². The molecule has 1 saturated heterocycles. The quantitative estimate of drug-likeness (QED) is 0.470. The molecule has 7 heteroatoms. The van der Waals surface area contributed by atoms with E-state index in [1.54, 1.807) is 30.3 Å². The van der Waals surface area contributed by atoms with E-state index < -0.39 is 41.7 Å². The highest BCUT2D eigenvalue weighted by Gasteiger charge is 2.46. The Labute approximate surface area is 160 Å². The number of ketones is 1. The van der Waals surface area contributed by atoms with E-state index in [2.05, 4.69) is 0 Å². The minimum atomic E-state index is -1.21. The summed E-state index contributed by atoms with van der Waals surface area (Å²) in [7, 11) is 0. The minimum absolute atomic E-state index is 0.0146. The van der Waals surface area contributed by atoms with Gasteiger partial charge in [0.15, 0.2) is 0 Å². The normalized spacial score (nSPS) is 18.5. The highest BCUT2D eigenvalue weighted by Crippen LogP contribution is 2.40. The number of likely N-dealkylation sites (tertiary alicyclic amines) is 1. The molecule has 1 aliphatic rings. The van der Waals surface area contributed by atoms with Crippen molar-refractivity contribution < 1.29 is 29.0 Å². The van der Waals surface area contributed by atoms with Gasteiger partial charge in [0, 0.05) is 17.7 Å². The number of halogens is 1. The van der Waals surface area contributed by atoms with E-state index in [0.717, 1.165) is 10.5 Å². The third-order valence-corrected chi connectivity index (χ3v) is 4.63. The first-order valence-corrected chi connectivity index (χ1v) is 8.63. The number of aliphatic carboxylic acids is 1. The number of aryl methyl sites for hydroxylation is 1. The van der Waals surface area contributed by atoms with Gasteiger partial charge in [-0.2, -0.15) is 0 Å². The third-order valence-electron chi connectivity index (χ3n) is 4.63. The summed E-state index contributed by atoms with van der Waals surface area (Å²) in [6.07, 6.45) is -0.414. The fraction of sp³-hybridized carbons (Fsp3) is 0.190. The number of aliphatic hydroxyl groups is 1. The summed E-state index contributed by atoms with van der Waals surface area (Å²) in [5, 5.41) is 19.7. The van der Waals surface area contributed by atoms with Crippen LogP contribution in [0.5, 0.6) is 0 Å². The first kappa shape index (κ1) is 19.3. The Hall–Kier alpha value is -3.48. The molecule has 0 aromatic heterocycles. The Bertz CT molecular complexity index is 981. The summed E-state index contributed by atoms with van der Waals surface area (Å²) < 4.78 is 14.5. The zero-order valence-electron chi connectivity index (χ0n) is 15.1. The first-order chi connectivity index (χ1) is 13.3. The molecule has 0 unspecified atom stereocenters. The van der Waals surface area contributed by atoms with Crippen LogP contribution in [-0.4, -0.2) is 39.3 Å². The van der Waals surface area contributed by atoms with Crippen molar-refractivity contribution in [1.82, 2.24) is 4.90 Å². The molecule has 144 valence electrons. The lowest BCUT2D eigenvalue weighted by Gasteiger charge is -2.25. The van der Waals surface area contributed by atoms with Crippen LogP contribution in [0.15, 0.2) is 54.1 Å². The molecule has 1 heterocycles. The molecule has 28 heavy (non-hydrogen) atoms. The molecule has 0 spiro atoms. The zero-order chi connectivity index (χ0) is 20.4. The number of carbonyl (C=O) groups is 3. The fourth-order valence-electron chi connectivity index (χ4n) is 3.21. The van der Waals surface area contributed by atoms with Gasteiger partial charge in [-0.05, 0) is 13.0 Å². The number of amides is 1. The number of rotatable bonds is 5. The molecule has 0 radical (unpaired) electrons. The molecule has 2 N–H and O–H groups in total. The number of carboxylic acid groups (broad SMARTS) is 1. The first-order valence-electron chi connectivity index (χ1n) is 8.63. The highest BCUT2D eigenvalue weighted by molar-refractivity contribution is 6.46. The maximum atomic E-state index is 14.5. The summed E-state index contributed by atoms with van der Waals surface area (Å²) in [5.41, 5.74) is 0.998. The lowest BCUT2D eigenvalue weighted by Crippen LogP contribution is -2.32. The zero-order valence-corrected chi connectivity index (χ0v) is 15.1. The Balaban J connectivity index is 2.18. The van der Waals surface area contributed by atoms with E-state index in [1.807, 2.05) is 6.92 Å². The lowest BCUT2D eigenvalue weighted by molar-refractivity contribution is -0.142. The van der Waals surface area contributed by atoms with Gasteiger partial charge in [0.05, 0.1) is 18.0 Å². The fourth-order valence-corrected chi connectivity index (χ4v) is 3.21. The smallest absolute Gasteiger partial charge is 0.305 e. The number of nitrogens with zero attached hydrogens (tertiary/aromatic N) is 1. The Morgan fingerprint density at radius 2 is 1.71 bits per heavy atom. The molecule has 2 aromatic rings. The topological polar surface area (TPSA) is 94.9 Å². The van der Waals surface area contributed by atoms with Crippen molar-refractivity contribution in [3.63, 3.8) is 0 Å². The van der Waals surface area contributed by atoms with Crippen LogP contribution < -0.4 is 0 Å². The van der Waals surface area contributed by atoms with Crippen LogP contribution in [0.25, 0.3) is 5.76 Å². The molecule has 2 aromatic carbocycles. The van der Waals surface area contributed by atoms with E-state index >= 15 is 0 Å². The van der Waals surface area contributed by atoms with Gasteiger partial charge in [-0.1, -0.05) is 48.0 Å². The second-order valence-electron chi connectivity index (χ2n) is 6.52. The number of hydrogen-bond acceptors (Lipinski definition) is 4. The van der Waals surface area contributed by atoms with Gasteiger partial charge in [-0.15, -0.1) is 0 Å². The van der Waals surface area contributed by atoms with Gasteiger partial charge in [0.1, 0.15) is 11.6 Å². The monoisotopic (exact) mass is 383 g/mol. The van der Waals surface area contributed by atoms with Gasteiger partial charge >= 0.3 is 5.97 Å². The molecule has 3 rings (SSSR count). The van der Waals surface area contributed by atoms with Gasteiger partial charge in [0.2, 0.25) is 0 Å². The number of carboxylic acids is 1. The maximum absolute atomic E-state index is 14.5. The van der Waals surface area contributed by atoms with Crippen LogP contribution >= 0.6 is 0 Å². The van der Waals surface area contributed by atoms with Crippen molar-refractivity contribution >= 4 is 23.4 Å². The van der Waals surface area contributed by atoms with Gasteiger partial charge in [0.25, 0.3) is 11.7 Å². The number of aliphatic hydroxyl groups excluding tert-OH is 1. The Kier molecular flexibility index (Phi) is 5.26. The van der Waals surface area contributed by atoms with Crippen molar-refractivity contribution in [2.75, 3.05) is 6.54 Å². The summed E-state index contributed by atoms with van der Waals surface area (Å²) in [4.78, 5) is 37.1. The average Bonchev–Trinajstić information content (AvgIpc) is 2.91. The highest BCUT2D eigenvalue weighted by atomic mass is 19.1. The van der Waals surface area contributed by atoms with Crippen molar-refractivity contribution in [3.05, 3.63) is 76.6 Å². The SMILES string of the molecule is Cc1ccc(C(O)=C2C(=O)C(=O)N(CCC(=O)O)[C@@H]2c2ccccc2F)cc1. The molecular formula is C21H18FNO5. The van der Waals surface area contributed by atoms with Gasteiger partial charge < -0.3 is 15.1 Å². The molecule has 0 bridgehead atoms. The molecule has 1 amide bonds. The van der Waals surface area contributed by atoms with Gasteiger partial charge in [-0.25, -0.2) is 4.39 Å². The molecule has 0 aliphatic carbocycles. The molecule has 6 nitrogen and oxygen atoms in total. The van der Waals surface area contributed by atoms with Crippen LogP contribution in [0.1, 0.15) is 29.2 Å². The van der Waals surface area contributed by atoms with Crippen LogP contribution in [0.3, 0.4) is 0 Å². The third kappa shape index (κ3) is 3.51. The van der Waals surface area contributed by atoms with Crippen LogP contribution in [-0.2, 0) is 14.4 Å². The van der Waals surface area contributed by atoms with Gasteiger partial charge in [-0.3, -0.25) is 14.4 Å². The summed E-state index contributed by atoms with van der Waals surface area (Å²) >= 11 is 0. The molecule has 1 fully saturated rings. The molecule has 0 saturated carbocycles. The van der Waals surface area contributed by atoms with Crippen molar-refractivity contribution in [1.29, 1.82) is 0 Å². The largest absolute Gasteiger partial charge is 0.507 e. The summed E-state index contributed by atoms with van der Waals surface area (Å²) in [6, 6.07) is 11.0. The van der Waals surface area contributed by atoms with E-state index in [4.69, 9.17) is 5.11 Å². The molecule has 1 atom stereocenters. The average molecular weight is 383 g/mol.